The van der Waals surface area contributed by atoms with Gasteiger partial charge in [-0.3, -0.25) is 0 Å². The van der Waals surface area contributed by atoms with Gasteiger partial charge in [0.2, 0.25) is 0 Å². The minimum atomic E-state index is -0.282. The molecule has 0 saturated heterocycles. The van der Waals surface area contributed by atoms with Gasteiger partial charge in [0.15, 0.2) is 0 Å². The van der Waals surface area contributed by atoms with Crippen molar-refractivity contribution in [1.82, 2.24) is 0 Å². The van der Waals surface area contributed by atoms with Crippen molar-refractivity contribution in [2.75, 3.05) is 0 Å². The van der Waals surface area contributed by atoms with Gasteiger partial charge in [-0.15, -0.1) is 0 Å². The van der Waals surface area contributed by atoms with E-state index in [1.165, 1.54) is 40.8 Å². The number of halogens is 2. The first-order valence-corrected chi connectivity index (χ1v) is 10.6. The minimum absolute atomic E-state index is 0.282. The summed E-state index contributed by atoms with van der Waals surface area (Å²) in [6, 6.07) is 34.2. The van der Waals surface area contributed by atoms with Gasteiger partial charge in [0.1, 0.15) is 11.6 Å². The van der Waals surface area contributed by atoms with E-state index in [9.17, 15) is 8.78 Å². The molecular formula is C30H18F2. The van der Waals surface area contributed by atoms with Gasteiger partial charge in [-0.25, -0.2) is 8.78 Å². The van der Waals surface area contributed by atoms with Gasteiger partial charge in [0.05, 0.1) is 0 Å². The van der Waals surface area contributed by atoms with Crippen molar-refractivity contribution < 1.29 is 8.78 Å². The number of rotatable bonds is 2. The van der Waals surface area contributed by atoms with Gasteiger partial charge in [-0.1, -0.05) is 72.8 Å². The highest BCUT2D eigenvalue weighted by molar-refractivity contribution is 6.15. The quantitative estimate of drug-likeness (QED) is 0.267. The van der Waals surface area contributed by atoms with Crippen LogP contribution in [0.2, 0.25) is 0 Å². The molecule has 0 N–H and O–H groups in total. The van der Waals surface area contributed by atoms with Crippen molar-refractivity contribution in [3.05, 3.63) is 143 Å². The normalized spacial score (nSPS) is 12.0. The molecule has 0 fully saturated rings. The highest BCUT2D eigenvalue weighted by atomic mass is 19.1. The Morgan fingerprint density at radius 1 is 0.438 bits per heavy atom. The first-order valence-electron chi connectivity index (χ1n) is 10.6. The Morgan fingerprint density at radius 2 is 0.906 bits per heavy atom. The molecule has 6 rings (SSSR count). The summed E-state index contributed by atoms with van der Waals surface area (Å²) in [5.41, 5.74) is 8.44. The van der Waals surface area contributed by atoms with Crippen molar-refractivity contribution >= 4 is 21.9 Å². The van der Waals surface area contributed by atoms with Crippen LogP contribution in [0.15, 0.2) is 109 Å². The van der Waals surface area contributed by atoms with Gasteiger partial charge in [-0.05, 0) is 91.7 Å². The smallest absolute Gasteiger partial charge is 0.123 e. The Balaban J connectivity index is 1.76. The Kier molecular flexibility index (Phi) is 4.26. The van der Waals surface area contributed by atoms with Crippen molar-refractivity contribution in [3.63, 3.8) is 0 Å². The lowest BCUT2D eigenvalue weighted by molar-refractivity contribution is 0.627. The molecule has 1 aliphatic rings. The summed E-state index contributed by atoms with van der Waals surface area (Å²) in [6.07, 6.45) is 0. The summed E-state index contributed by atoms with van der Waals surface area (Å²) in [6.45, 7) is 0. The lowest BCUT2D eigenvalue weighted by Crippen LogP contribution is -1.95. The molecule has 0 saturated carbocycles. The maximum Gasteiger partial charge on any atom is 0.123 e. The molecule has 0 bridgehead atoms. The van der Waals surface area contributed by atoms with Crippen LogP contribution in [0, 0.1) is 11.6 Å². The van der Waals surface area contributed by atoms with E-state index in [0.717, 1.165) is 38.8 Å². The molecule has 0 radical (unpaired) electrons. The molecule has 2 heteroatoms. The second kappa shape index (κ2) is 7.28. The Bertz CT molecular complexity index is 1460. The van der Waals surface area contributed by atoms with Gasteiger partial charge in [0.25, 0.3) is 0 Å². The first kappa shape index (κ1) is 18.7. The van der Waals surface area contributed by atoms with E-state index in [2.05, 4.69) is 48.5 Å². The van der Waals surface area contributed by atoms with Crippen LogP contribution in [0.5, 0.6) is 0 Å². The van der Waals surface area contributed by atoms with Crippen molar-refractivity contribution in [2.24, 2.45) is 0 Å². The maximum absolute atomic E-state index is 13.8. The predicted octanol–water partition coefficient (Wildman–Crippen LogP) is 8.11. The summed E-state index contributed by atoms with van der Waals surface area (Å²) in [5.74, 6) is -0.564. The lowest BCUT2D eigenvalue weighted by atomic mass is 9.88. The van der Waals surface area contributed by atoms with Crippen molar-refractivity contribution in [2.45, 2.75) is 0 Å². The van der Waals surface area contributed by atoms with Crippen LogP contribution in [-0.4, -0.2) is 0 Å². The number of hydrogen-bond donors (Lipinski definition) is 0. The third kappa shape index (κ3) is 2.96. The number of fused-ring (bicyclic) bond motifs is 4. The monoisotopic (exact) mass is 416 g/mol. The standard InChI is InChI=1S/C30H18F2/c31-23-13-9-19(10-14-23)29(20-11-15-24(32)16-12-20)30-26-8-4-3-7-25(26)27-17-21-5-1-2-6-22(21)18-28(27)30/h1-18H. The van der Waals surface area contributed by atoms with Crippen LogP contribution < -0.4 is 0 Å². The van der Waals surface area contributed by atoms with Crippen LogP contribution in [0.1, 0.15) is 22.3 Å². The average molecular weight is 416 g/mol. The van der Waals surface area contributed by atoms with E-state index in [0.29, 0.717) is 0 Å². The fraction of sp³-hybridized carbons (Fsp3) is 0. The summed E-state index contributed by atoms with van der Waals surface area (Å²) in [5, 5.41) is 2.35. The molecule has 0 unspecified atom stereocenters. The van der Waals surface area contributed by atoms with E-state index in [4.69, 9.17) is 0 Å². The molecular weight excluding hydrogens is 398 g/mol. The Hall–Kier alpha value is -4.04. The van der Waals surface area contributed by atoms with Gasteiger partial charge < -0.3 is 0 Å². The lowest BCUT2D eigenvalue weighted by Gasteiger charge is -2.15. The molecule has 5 aromatic rings. The second-order valence-electron chi connectivity index (χ2n) is 8.05. The SMILES string of the molecule is Fc1ccc(C(=C2c3ccccc3-c3cc4ccccc4cc32)c2ccc(F)cc2)cc1. The minimum Gasteiger partial charge on any atom is -0.207 e. The molecule has 0 spiro atoms. The van der Waals surface area contributed by atoms with Gasteiger partial charge >= 0.3 is 0 Å². The average Bonchev–Trinajstić information content (AvgIpc) is 3.13. The van der Waals surface area contributed by atoms with Crippen LogP contribution in [0.25, 0.3) is 33.0 Å². The first-order chi connectivity index (χ1) is 15.7. The fourth-order valence-corrected chi connectivity index (χ4v) is 4.71. The Morgan fingerprint density at radius 3 is 1.47 bits per heavy atom. The van der Waals surface area contributed by atoms with Crippen LogP contribution in [0.4, 0.5) is 8.78 Å². The molecule has 152 valence electrons. The molecule has 0 atom stereocenters. The Labute approximate surface area is 185 Å². The van der Waals surface area contributed by atoms with Crippen LogP contribution in [-0.2, 0) is 0 Å². The number of benzene rings is 5. The van der Waals surface area contributed by atoms with Crippen LogP contribution >= 0.6 is 0 Å². The van der Waals surface area contributed by atoms with E-state index in [1.54, 1.807) is 24.3 Å². The maximum atomic E-state index is 13.8. The summed E-state index contributed by atoms with van der Waals surface area (Å²) < 4.78 is 27.5. The molecule has 5 aromatic carbocycles. The third-order valence-corrected chi connectivity index (χ3v) is 6.16. The van der Waals surface area contributed by atoms with Crippen molar-refractivity contribution in [1.29, 1.82) is 0 Å². The van der Waals surface area contributed by atoms with E-state index >= 15 is 0 Å². The third-order valence-electron chi connectivity index (χ3n) is 6.16. The molecule has 32 heavy (non-hydrogen) atoms. The zero-order valence-corrected chi connectivity index (χ0v) is 17.1. The van der Waals surface area contributed by atoms with Gasteiger partial charge in [-0.2, -0.15) is 0 Å². The summed E-state index contributed by atoms with van der Waals surface area (Å²) >= 11 is 0. The highest BCUT2D eigenvalue weighted by Gasteiger charge is 2.27. The number of hydrogen-bond acceptors (Lipinski definition) is 0. The second-order valence-corrected chi connectivity index (χ2v) is 8.05. The van der Waals surface area contributed by atoms with Crippen molar-refractivity contribution in [3.8, 4) is 11.1 Å². The topological polar surface area (TPSA) is 0 Å². The zero-order valence-electron chi connectivity index (χ0n) is 17.1. The van der Waals surface area contributed by atoms with Crippen LogP contribution in [0.3, 0.4) is 0 Å². The highest BCUT2D eigenvalue weighted by Crippen LogP contribution is 2.50. The van der Waals surface area contributed by atoms with Gasteiger partial charge in [0, 0.05) is 0 Å². The molecule has 0 aliphatic heterocycles. The molecule has 0 aromatic heterocycles. The largest absolute Gasteiger partial charge is 0.207 e. The fourth-order valence-electron chi connectivity index (χ4n) is 4.71. The molecule has 0 nitrogen and oxygen atoms in total. The summed E-state index contributed by atoms with van der Waals surface area (Å²) in [7, 11) is 0. The van der Waals surface area contributed by atoms with E-state index in [-0.39, 0.29) is 11.6 Å². The zero-order chi connectivity index (χ0) is 21.7. The summed E-state index contributed by atoms with van der Waals surface area (Å²) in [4.78, 5) is 0. The predicted molar refractivity (Wildman–Crippen MR) is 127 cm³/mol. The van der Waals surface area contributed by atoms with E-state index in [1.807, 2.05) is 12.1 Å². The van der Waals surface area contributed by atoms with E-state index < -0.39 is 0 Å². The molecule has 1 aliphatic carbocycles. The molecule has 0 amide bonds. The molecule has 0 heterocycles.